The van der Waals surface area contributed by atoms with Gasteiger partial charge < -0.3 is 24.7 Å². The molecule has 0 bridgehead atoms. The molecule has 4 aliphatic rings. The molecular weight excluding hydrogens is 357 g/mol. The number of phosphoric ester groups is 1. The van der Waals surface area contributed by atoms with E-state index in [0.717, 1.165) is 13.1 Å². The van der Waals surface area contributed by atoms with Crippen LogP contribution in [0.4, 0.5) is 0 Å². The first-order chi connectivity index (χ1) is 11.8. The van der Waals surface area contributed by atoms with Gasteiger partial charge in [0, 0.05) is 13.1 Å². The summed E-state index contributed by atoms with van der Waals surface area (Å²) in [4.78, 5) is 21.8. The van der Waals surface area contributed by atoms with Crippen LogP contribution in [-0.4, -0.2) is 106 Å². The predicted molar refractivity (Wildman–Crippen MR) is 82.6 cm³/mol. The van der Waals surface area contributed by atoms with Gasteiger partial charge in [-0.25, -0.2) is 9.46 Å². The molecular formula is C12H24N5O7P. The monoisotopic (exact) mass is 381 g/mol. The molecule has 13 heteroatoms. The second-order valence-electron chi connectivity index (χ2n) is 6.75. The zero-order chi connectivity index (χ0) is 17.8. The molecule has 144 valence electrons. The number of phosphoric acid groups is 1. The van der Waals surface area contributed by atoms with Crippen LogP contribution in [0.15, 0.2) is 0 Å². The van der Waals surface area contributed by atoms with Crippen LogP contribution in [0.5, 0.6) is 0 Å². The van der Waals surface area contributed by atoms with E-state index in [9.17, 15) is 14.8 Å². The number of hydrogen-bond acceptors (Lipinski definition) is 10. The second kappa shape index (κ2) is 6.75. The summed E-state index contributed by atoms with van der Waals surface area (Å²) in [6.45, 7) is 2.54. The molecule has 7 N–H and O–H groups in total. The van der Waals surface area contributed by atoms with E-state index in [2.05, 4.69) is 25.4 Å². The minimum Gasteiger partial charge on any atom is -0.387 e. The molecule has 0 aliphatic carbocycles. The van der Waals surface area contributed by atoms with E-state index in [1.165, 1.54) is 0 Å². The quantitative estimate of drug-likeness (QED) is 0.236. The highest BCUT2D eigenvalue weighted by Gasteiger charge is 2.53. The van der Waals surface area contributed by atoms with Gasteiger partial charge >= 0.3 is 7.82 Å². The lowest BCUT2D eigenvalue weighted by molar-refractivity contribution is -0.113. The zero-order valence-corrected chi connectivity index (χ0v) is 14.3. The highest BCUT2D eigenvalue weighted by atomic mass is 31.2. The highest BCUT2D eigenvalue weighted by molar-refractivity contribution is 7.46. The smallest absolute Gasteiger partial charge is 0.387 e. The number of aliphatic hydroxyl groups excluding tert-OH is 2. The Morgan fingerprint density at radius 1 is 1.12 bits per heavy atom. The summed E-state index contributed by atoms with van der Waals surface area (Å²) in [5.41, 5.74) is 0. The van der Waals surface area contributed by atoms with Gasteiger partial charge in [0.15, 0.2) is 0 Å². The van der Waals surface area contributed by atoms with Crippen molar-refractivity contribution >= 4 is 7.82 Å². The van der Waals surface area contributed by atoms with E-state index in [1.807, 2.05) is 4.90 Å². The summed E-state index contributed by atoms with van der Waals surface area (Å²) in [5, 5.41) is 30.7. The number of aliphatic hydroxyl groups is 2. The van der Waals surface area contributed by atoms with Crippen molar-refractivity contribution in [2.24, 2.45) is 0 Å². The van der Waals surface area contributed by atoms with E-state index >= 15 is 0 Å². The maximum atomic E-state index is 10.8. The average molecular weight is 381 g/mol. The molecule has 0 saturated carbocycles. The predicted octanol–water partition coefficient (Wildman–Crippen LogP) is -4.11. The fourth-order valence-electron chi connectivity index (χ4n) is 4.08. The summed E-state index contributed by atoms with van der Waals surface area (Å²) in [5.74, 6) is 0. The Morgan fingerprint density at radius 3 is 2.68 bits per heavy atom. The Labute approximate surface area is 144 Å². The Hall–Kier alpha value is -0.210. The minimum absolute atomic E-state index is 0.0922. The van der Waals surface area contributed by atoms with Gasteiger partial charge in [-0.2, -0.15) is 0 Å². The third kappa shape index (κ3) is 3.38. The molecule has 0 aromatic heterocycles. The van der Waals surface area contributed by atoms with Crippen molar-refractivity contribution in [3.8, 4) is 0 Å². The lowest BCUT2D eigenvalue weighted by Crippen LogP contribution is -2.67. The summed E-state index contributed by atoms with van der Waals surface area (Å²) in [7, 11) is -4.67. The third-order valence-corrected chi connectivity index (χ3v) is 5.75. The fraction of sp³-hybridized carbons (Fsp3) is 1.00. The fourth-order valence-corrected chi connectivity index (χ4v) is 4.42. The van der Waals surface area contributed by atoms with Gasteiger partial charge in [0.05, 0.1) is 38.3 Å². The van der Waals surface area contributed by atoms with Gasteiger partial charge in [-0.3, -0.25) is 25.4 Å². The van der Waals surface area contributed by atoms with Crippen molar-refractivity contribution in [2.45, 2.75) is 42.9 Å². The zero-order valence-electron chi connectivity index (χ0n) is 13.4. The van der Waals surface area contributed by atoms with Gasteiger partial charge in [-0.15, -0.1) is 0 Å². The number of ether oxygens (including phenoxy) is 1. The van der Waals surface area contributed by atoms with Crippen molar-refractivity contribution in [1.29, 1.82) is 0 Å². The third-order valence-electron chi connectivity index (χ3n) is 5.27. The van der Waals surface area contributed by atoms with Crippen LogP contribution in [0, 0.1) is 0 Å². The molecule has 0 radical (unpaired) electrons. The Kier molecular flexibility index (Phi) is 4.90. The van der Waals surface area contributed by atoms with Crippen LogP contribution in [0.3, 0.4) is 0 Å². The largest absolute Gasteiger partial charge is 0.469 e. The van der Waals surface area contributed by atoms with Crippen molar-refractivity contribution in [3.63, 3.8) is 0 Å². The molecule has 4 aliphatic heterocycles. The summed E-state index contributed by atoms with van der Waals surface area (Å²) < 4.78 is 20.9. The molecule has 4 saturated heterocycles. The lowest BCUT2D eigenvalue weighted by Gasteiger charge is -2.42. The van der Waals surface area contributed by atoms with Crippen LogP contribution in [0.1, 0.15) is 0 Å². The molecule has 25 heavy (non-hydrogen) atoms. The Morgan fingerprint density at radius 2 is 1.92 bits per heavy atom. The van der Waals surface area contributed by atoms with E-state index < -0.39 is 39.0 Å². The average Bonchev–Trinajstić information content (AvgIpc) is 3.23. The Bertz CT molecular complexity index is 552. The number of fused-ring (bicyclic) bond motifs is 3. The normalized spacial score (nSPS) is 45.7. The molecule has 4 rings (SSSR count). The van der Waals surface area contributed by atoms with Gasteiger partial charge in [-0.1, -0.05) is 0 Å². The van der Waals surface area contributed by atoms with Gasteiger partial charge in [-0.05, 0) is 0 Å². The van der Waals surface area contributed by atoms with Crippen molar-refractivity contribution in [1.82, 2.24) is 25.8 Å². The summed E-state index contributed by atoms with van der Waals surface area (Å²) in [6, 6.07) is 0.0922. The Balaban J connectivity index is 1.42. The maximum absolute atomic E-state index is 10.8. The first kappa shape index (κ1) is 18.2. The topological polar surface area (TPSA) is 159 Å². The molecule has 12 nitrogen and oxygen atoms in total. The molecule has 7 atom stereocenters. The van der Waals surface area contributed by atoms with E-state index in [4.69, 9.17) is 14.5 Å². The van der Waals surface area contributed by atoms with Crippen LogP contribution in [0.2, 0.25) is 0 Å². The van der Waals surface area contributed by atoms with Crippen molar-refractivity contribution in [3.05, 3.63) is 0 Å². The first-order valence-electron chi connectivity index (χ1n) is 8.27. The maximum Gasteiger partial charge on any atom is 0.469 e. The summed E-state index contributed by atoms with van der Waals surface area (Å²) >= 11 is 0. The molecule has 4 heterocycles. The molecule has 0 spiro atoms. The highest BCUT2D eigenvalue weighted by Crippen LogP contribution is 2.38. The van der Waals surface area contributed by atoms with Crippen LogP contribution >= 0.6 is 7.82 Å². The van der Waals surface area contributed by atoms with Crippen LogP contribution < -0.4 is 16.0 Å². The van der Waals surface area contributed by atoms with Crippen LogP contribution in [0.25, 0.3) is 0 Å². The number of rotatable bonds is 4. The number of nitrogens with one attached hydrogen (secondary N) is 3. The summed E-state index contributed by atoms with van der Waals surface area (Å²) in [6.07, 6.45) is -4.23. The van der Waals surface area contributed by atoms with Gasteiger partial charge in [0.25, 0.3) is 0 Å². The standard InChI is InChI=1S/C12H24N5O7P/c18-8-6(3-23-25(20,21)22)24-12(9(8)19)17-5-14-7-10-13-1-2-16(10)4-15-11(7)17/h6-15,18-19H,1-5H2,(H2,20,21,22)/t6-,7?,8-,9-,10?,11?,12-/m1/s1. The SMILES string of the molecule is O=P(O)(O)OC[C@H]1O[C@@H](N2CNC3C4NCCN4CNC32)[C@H](O)[C@@H]1O. The van der Waals surface area contributed by atoms with Gasteiger partial charge in [0.2, 0.25) is 0 Å². The molecule has 0 aromatic rings. The van der Waals surface area contributed by atoms with E-state index in [-0.39, 0.29) is 18.4 Å². The van der Waals surface area contributed by atoms with Crippen molar-refractivity contribution < 1.29 is 33.8 Å². The van der Waals surface area contributed by atoms with Gasteiger partial charge in [0.1, 0.15) is 24.5 Å². The molecule has 0 amide bonds. The second-order valence-corrected chi connectivity index (χ2v) is 7.99. The molecule has 3 unspecified atom stereocenters. The number of hydrogen-bond donors (Lipinski definition) is 7. The number of nitrogens with zero attached hydrogens (tertiary/aromatic N) is 2. The molecule has 0 aromatic carbocycles. The minimum atomic E-state index is -4.67. The van der Waals surface area contributed by atoms with Crippen molar-refractivity contribution in [2.75, 3.05) is 33.0 Å². The molecule has 4 fully saturated rings. The lowest BCUT2D eigenvalue weighted by atomic mass is 10.1. The van der Waals surface area contributed by atoms with E-state index in [1.54, 1.807) is 0 Å². The van der Waals surface area contributed by atoms with Crippen LogP contribution in [-0.2, 0) is 13.8 Å². The van der Waals surface area contributed by atoms with E-state index in [0.29, 0.717) is 13.3 Å². The first-order valence-corrected chi connectivity index (χ1v) is 9.80.